The maximum Gasteiger partial charge on any atom is 0.224 e. The van der Waals surface area contributed by atoms with Gasteiger partial charge in [-0.2, -0.15) is 0 Å². The van der Waals surface area contributed by atoms with Gasteiger partial charge >= 0.3 is 0 Å². The number of nitrogens with zero attached hydrogens (tertiary/aromatic N) is 2. The van der Waals surface area contributed by atoms with Crippen LogP contribution in [0.25, 0.3) is 11.0 Å². The molecule has 0 radical (unpaired) electrons. The van der Waals surface area contributed by atoms with Crippen molar-refractivity contribution in [3.8, 4) is 11.5 Å². The molecule has 0 atom stereocenters. The van der Waals surface area contributed by atoms with Gasteiger partial charge in [0.2, 0.25) is 5.91 Å². The van der Waals surface area contributed by atoms with Gasteiger partial charge in [0, 0.05) is 19.5 Å². The number of aromatic nitrogens is 2. The van der Waals surface area contributed by atoms with Crippen LogP contribution in [-0.4, -0.2) is 36.2 Å². The van der Waals surface area contributed by atoms with Crippen molar-refractivity contribution in [2.75, 3.05) is 20.8 Å². The van der Waals surface area contributed by atoms with E-state index in [1.807, 2.05) is 18.2 Å². The minimum atomic E-state index is 0.0103. The van der Waals surface area contributed by atoms with Crippen molar-refractivity contribution >= 4 is 16.9 Å². The molecule has 0 bridgehead atoms. The summed E-state index contributed by atoms with van der Waals surface area (Å²) in [6.07, 6.45) is 15.4. The standard InChI is InChI=1S/C32H47N3O3/c1-4-5-6-7-8-9-10-11-12-15-23-35-28-18-14-13-17-27(28)34-31(35)19-16-22-33-32(36)25-26-20-21-29(37-2)30(24-26)38-3/h13-14,17-18,20-21,24H,4-12,15-16,19,22-23,25H2,1-3H3,(H,33,36). The summed E-state index contributed by atoms with van der Waals surface area (Å²) in [6.45, 7) is 3.92. The lowest BCUT2D eigenvalue weighted by Gasteiger charge is -2.11. The third kappa shape index (κ3) is 9.38. The number of para-hydroxylation sites is 2. The van der Waals surface area contributed by atoms with E-state index in [1.54, 1.807) is 14.2 Å². The molecule has 6 nitrogen and oxygen atoms in total. The first-order chi connectivity index (χ1) is 18.7. The molecule has 0 spiro atoms. The molecule has 0 aliphatic carbocycles. The van der Waals surface area contributed by atoms with E-state index in [0.717, 1.165) is 36.3 Å². The Kier molecular flexibility index (Phi) is 13.0. The Morgan fingerprint density at radius 1 is 0.842 bits per heavy atom. The fourth-order valence-corrected chi connectivity index (χ4v) is 5.04. The topological polar surface area (TPSA) is 65.4 Å². The first kappa shape index (κ1) is 29.5. The first-order valence-corrected chi connectivity index (χ1v) is 14.6. The Morgan fingerprint density at radius 3 is 2.24 bits per heavy atom. The van der Waals surface area contributed by atoms with Crippen molar-refractivity contribution in [3.05, 3.63) is 53.9 Å². The van der Waals surface area contributed by atoms with E-state index < -0.39 is 0 Å². The lowest BCUT2D eigenvalue weighted by Crippen LogP contribution is -2.26. The molecule has 208 valence electrons. The number of hydrogen-bond donors (Lipinski definition) is 1. The van der Waals surface area contributed by atoms with Gasteiger partial charge < -0.3 is 19.4 Å². The number of amides is 1. The van der Waals surface area contributed by atoms with E-state index in [4.69, 9.17) is 14.5 Å². The highest BCUT2D eigenvalue weighted by atomic mass is 16.5. The minimum absolute atomic E-state index is 0.0103. The lowest BCUT2D eigenvalue weighted by atomic mass is 10.1. The van der Waals surface area contributed by atoms with Gasteiger partial charge in [-0.1, -0.05) is 82.9 Å². The predicted molar refractivity (Wildman–Crippen MR) is 156 cm³/mol. The smallest absolute Gasteiger partial charge is 0.224 e. The highest BCUT2D eigenvalue weighted by Crippen LogP contribution is 2.27. The Morgan fingerprint density at radius 2 is 1.53 bits per heavy atom. The number of ether oxygens (including phenoxy) is 2. The lowest BCUT2D eigenvalue weighted by molar-refractivity contribution is -0.120. The van der Waals surface area contributed by atoms with Gasteiger partial charge in [0.25, 0.3) is 0 Å². The number of hydrogen-bond acceptors (Lipinski definition) is 4. The Hall–Kier alpha value is -3.02. The number of carbonyl (C=O) groups excluding carboxylic acids is 1. The number of nitrogens with one attached hydrogen (secondary N) is 1. The maximum atomic E-state index is 12.5. The summed E-state index contributed by atoms with van der Waals surface area (Å²) >= 11 is 0. The van der Waals surface area contributed by atoms with Crippen molar-refractivity contribution < 1.29 is 14.3 Å². The van der Waals surface area contributed by atoms with Crippen molar-refractivity contribution in [3.63, 3.8) is 0 Å². The van der Waals surface area contributed by atoms with Gasteiger partial charge in [0.1, 0.15) is 5.82 Å². The number of fused-ring (bicyclic) bond motifs is 1. The van der Waals surface area contributed by atoms with E-state index in [1.165, 1.54) is 69.7 Å². The molecule has 0 saturated heterocycles. The van der Waals surface area contributed by atoms with Gasteiger partial charge in [-0.25, -0.2) is 4.98 Å². The third-order valence-corrected chi connectivity index (χ3v) is 7.18. The number of carbonyl (C=O) groups is 1. The fraction of sp³-hybridized carbons (Fsp3) is 0.562. The summed E-state index contributed by atoms with van der Waals surface area (Å²) in [5.74, 6) is 2.43. The summed E-state index contributed by atoms with van der Waals surface area (Å²) in [4.78, 5) is 17.4. The molecule has 1 heterocycles. The number of aryl methyl sites for hydroxylation is 2. The molecule has 0 saturated carbocycles. The molecule has 3 rings (SSSR count). The largest absolute Gasteiger partial charge is 0.493 e. The average Bonchev–Trinajstić information content (AvgIpc) is 3.29. The van der Waals surface area contributed by atoms with E-state index in [0.29, 0.717) is 24.5 Å². The molecule has 0 fully saturated rings. The average molecular weight is 522 g/mol. The van der Waals surface area contributed by atoms with Crippen LogP contribution in [0.5, 0.6) is 11.5 Å². The number of imidazole rings is 1. The Labute approximate surface area is 229 Å². The maximum absolute atomic E-state index is 12.5. The van der Waals surface area contributed by atoms with E-state index in [2.05, 4.69) is 41.1 Å². The zero-order valence-corrected chi connectivity index (χ0v) is 23.8. The van der Waals surface area contributed by atoms with Gasteiger partial charge in [0.05, 0.1) is 31.7 Å². The highest BCUT2D eigenvalue weighted by molar-refractivity contribution is 5.78. The van der Waals surface area contributed by atoms with Crippen molar-refractivity contribution in [1.29, 1.82) is 0 Å². The molecule has 6 heteroatoms. The van der Waals surface area contributed by atoms with Crippen LogP contribution in [0.15, 0.2) is 42.5 Å². The third-order valence-electron chi connectivity index (χ3n) is 7.18. The van der Waals surface area contributed by atoms with Gasteiger partial charge in [-0.15, -0.1) is 0 Å². The predicted octanol–water partition coefficient (Wildman–Crippen LogP) is 7.27. The normalized spacial score (nSPS) is 11.1. The number of rotatable bonds is 19. The minimum Gasteiger partial charge on any atom is -0.493 e. The molecule has 2 aromatic carbocycles. The van der Waals surface area contributed by atoms with Gasteiger partial charge in [-0.05, 0) is 42.7 Å². The van der Waals surface area contributed by atoms with Gasteiger partial charge in [-0.3, -0.25) is 4.79 Å². The fourth-order valence-electron chi connectivity index (χ4n) is 5.04. The van der Waals surface area contributed by atoms with Crippen LogP contribution in [0.4, 0.5) is 0 Å². The van der Waals surface area contributed by atoms with Crippen LogP contribution >= 0.6 is 0 Å². The van der Waals surface area contributed by atoms with Crippen molar-refractivity contribution in [1.82, 2.24) is 14.9 Å². The van der Waals surface area contributed by atoms with Gasteiger partial charge in [0.15, 0.2) is 11.5 Å². The summed E-state index contributed by atoms with van der Waals surface area (Å²) in [7, 11) is 3.21. The zero-order chi connectivity index (χ0) is 27.0. The quantitative estimate of drug-likeness (QED) is 0.169. The van der Waals surface area contributed by atoms with Crippen LogP contribution in [0.1, 0.15) is 88.9 Å². The molecule has 0 aliphatic rings. The Balaban J connectivity index is 1.42. The number of benzene rings is 2. The molecular weight excluding hydrogens is 474 g/mol. The monoisotopic (exact) mass is 521 g/mol. The summed E-state index contributed by atoms with van der Waals surface area (Å²) in [5.41, 5.74) is 3.18. The molecule has 38 heavy (non-hydrogen) atoms. The number of methoxy groups -OCH3 is 2. The molecule has 1 aromatic heterocycles. The van der Waals surface area contributed by atoms with Crippen LogP contribution in [-0.2, 0) is 24.2 Å². The molecule has 1 amide bonds. The van der Waals surface area contributed by atoms with E-state index in [9.17, 15) is 4.79 Å². The SMILES string of the molecule is CCCCCCCCCCCCn1c(CCCNC(=O)Cc2ccc(OC)c(OC)c2)nc2ccccc21. The van der Waals surface area contributed by atoms with E-state index in [-0.39, 0.29) is 5.91 Å². The summed E-state index contributed by atoms with van der Waals surface area (Å²) < 4.78 is 13.0. The second-order valence-corrected chi connectivity index (χ2v) is 10.2. The molecule has 0 unspecified atom stereocenters. The Bertz CT molecular complexity index is 1110. The van der Waals surface area contributed by atoms with Crippen LogP contribution in [0, 0.1) is 0 Å². The van der Waals surface area contributed by atoms with Crippen LogP contribution in [0.2, 0.25) is 0 Å². The highest BCUT2D eigenvalue weighted by Gasteiger charge is 2.11. The summed E-state index contributed by atoms with van der Waals surface area (Å²) in [5, 5.41) is 3.06. The molecular formula is C32H47N3O3. The van der Waals surface area contributed by atoms with Crippen LogP contribution in [0.3, 0.4) is 0 Å². The molecule has 0 aliphatic heterocycles. The molecule has 1 N–H and O–H groups in total. The zero-order valence-electron chi connectivity index (χ0n) is 23.8. The van der Waals surface area contributed by atoms with Crippen molar-refractivity contribution in [2.45, 2.75) is 96.9 Å². The second kappa shape index (κ2) is 16.7. The first-order valence-electron chi connectivity index (χ1n) is 14.6. The summed E-state index contributed by atoms with van der Waals surface area (Å²) in [6, 6.07) is 14.0. The van der Waals surface area contributed by atoms with Crippen molar-refractivity contribution in [2.24, 2.45) is 0 Å². The number of unbranched alkanes of at least 4 members (excludes halogenated alkanes) is 9. The second-order valence-electron chi connectivity index (χ2n) is 10.2. The molecule has 3 aromatic rings. The van der Waals surface area contributed by atoms with E-state index >= 15 is 0 Å². The van der Waals surface area contributed by atoms with Crippen LogP contribution < -0.4 is 14.8 Å².